The van der Waals surface area contributed by atoms with Crippen LogP contribution in [0.3, 0.4) is 0 Å². The van der Waals surface area contributed by atoms with Crippen LogP contribution in [0.2, 0.25) is 0 Å². The topological polar surface area (TPSA) is 40.5 Å². The molecule has 2 N–H and O–H groups in total. The Morgan fingerprint density at radius 2 is 1.79 bits per heavy atom. The van der Waals surface area contributed by atoms with Gasteiger partial charge in [-0.2, -0.15) is 0 Å². The second kappa shape index (κ2) is 6.19. The highest BCUT2D eigenvalue weighted by Crippen LogP contribution is 2.39. The lowest BCUT2D eigenvalue weighted by Crippen LogP contribution is -1.93. The zero-order valence-electron chi connectivity index (χ0n) is 7.45. The second-order valence-electron chi connectivity index (χ2n) is 2.85. The molecule has 0 saturated carbocycles. The quantitative estimate of drug-likeness (QED) is 0.826. The van der Waals surface area contributed by atoms with E-state index in [0.29, 0.717) is 0 Å². The maximum atomic E-state index is 8.98. The van der Waals surface area contributed by atoms with E-state index in [2.05, 4.69) is 31.9 Å². The van der Waals surface area contributed by atoms with Crippen LogP contribution < -0.4 is 0 Å². The van der Waals surface area contributed by atoms with Gasteiger partial charge >= 0.3 is 0 Å². The average molecular weight is 342 g/mol. The Morgan fingerprint density at radius 1 is 1.14 bits per heavy atom. The van der Waals surface area contributed by atoms with Gasteiger partial charge in [-0.1, -0.05) is 37.9 Å². The summed E-state index contributed by atoms with van der Waals surface area (Å²) in [5.41, 5.74) is 1.13. The van der Waals surface area contributed by atoms with E-state index >= 15 is 0 Å². The van der Waals surface area contributed by atoms with Crippen LogP contribution in [-0.2, 0) is 6.16 Å². The molecule has 0 amide bonds. The van der Waals surface area contributed by atoms with Crippen LogP contribution in [0.4, 0.5) is 0 Å². The molecule has 5 heteroatoms. The smallest absolute Gasteiger partial charge is 0.0649 e. The first-order chi connectivity index (χ1) is 6.67. The Hall–Kier alpha value is 0.530. The lowest BCUT2D eigenvalue weighted by atomic mass is 10.2. The number of hydrogen-bond acceptors (Lipinski definition) is 2. The van der Waals surface area contributed by atoms with Crippen LogP contribution in [-0.4, -0.2) is 22.9 Å². The van der Waals surface area contributed by atoms with Gasteiger partial charge in [0.25, 0.3) is 0 Å². The fraction of sp³-hybridized carbons (Fsp3) is 0.333. The van der Waals surface area contributed by atoms with Crippen molar-refractivity contribution in [2.24, 2.45) is 0 Å². The van der Waals surface area contributed by atoms with E-state index in [0.717, 1.165) is 20.7 Å². The highest BCUT2D eigenvalue weighted by atomic mass is 79.9. The Balaban J connectivity index is 2.76. The van der Waals surface area contributed by atoms with Crippen molar-refractivity contribution in [3.63, 3.8) is 0 Å². The fourth-order valence-corrected chi connectivity index (χ4v) is 3.49. The molecule has 14 heavy (non-hydrogen) atoms. The van der Waals surface area contributed by atoms with Gasteiger partial charge in [-0.25, -0.2) is 0 Å². The lowest BCUT2D eigenvalue weighted by molar-refractivity contribution is 0.343. The van der Waals surface area contributed by atoms with Gasteiger partial charge in [0.15, 0.2) is 0 Å². The van der Waals surface area contributed by atoms with E-state index in [-0.39, 0.29) is 12.7 Å². The van der Waals surface area contributed by atoms with Crippen LogP contribution in [0.25, 0.3) is 0 Å². The monoisotopic (exact) mass is 340 g/mol. The number of hydrogen-bond donors (Lipinski definition) is 2. The first-order valence-corrected chi connectivity index (χ1v) is 7.53. The van der Waals surface area contributed by atoms with Crippen molar-refractivity contribution in [2.45, 2.75) is 6.16 Å². The Kier molecular flexibility index (Phi) is 5.57. The number of aliphatic hydroxyl groups excluding tert-OH is 2. The van der Waals surface area contributed by atoms with Crippen LogP contribution in [0.1, 0.15) is 5.56 Å². The molecule has 0 spiro atoms. The molecule has 0 atom stereocenters. The van der Waals surface area contributed by atoms with Crippen molar-refractivity contribution in [3.05, 3.63) is 32.7 Å². The molecular weight excluding hydrogens is 331 g/mol. The molecule has 1 aromatic carbocycles. The van der Waals surface area contributed by atoms with E-state index in [4.69, 9.17) is 10.2 Å². The summed E-state index contributed by atoms with van der Waals surface area (Å²) in [6.45, 7) is 0. The summed E-state index contributed by atoms with van der Waals surface area (Å²) in [5, 5.41) is 18.0. The SMILES string of the molecule is OCP(CO)Cc1ccc(Br)cc1Br. The van der Waals surface area contributed by atoms with Crippen molar-refractivity contribution in [2.75, 3.05) is 12.7 Å². The summed E-state index contributed by atoms with van der Waals surface area (Å²) in [7, 11) is -0.693. The molecule has 0 fully saturated rings. The third-order valence-electron chi connectivity index (χ3n) is 1.81. The first-order valence-electron chi connectivity index (χ1n) is 4.05. The van der Waals surface area contributed by atoms with Crippen LogP contribution in [0.5, 0.6) is 0 Å². The number of halogens is 2. The zero-order chi connectivity index (χ0) is 10.6. The van der Waals surface area contributed by atoms with E-state index in [9.17, 15) is 0 Å². The van der Waals surface area contributed by atoms with Crippen molar-refractivity contribution in [1.29, 1.82) is 0 Å². The summed E-state index contributed by atoms with van der Waals surface area (Å²) in [6, 6.07) is 5.93. The predicted molar refractivity (Wildman–Crippen MR) is 66.6 cm³/mol. The van der Waals surface area contributed by atoms with Gasteiger partial charge in [0.2, 0.25) is 0 Å². The maximum absolute atomic E-state index is 8.98. The minimum absolute atomic E-state index is 0.0777. The largest absolute Gasteiger partial charge is 0.392 e. The van der Waals surface area contributed by atoms with Gasteiger partial charge in [-0.05, 0) is 31.8 Å². The van der Waals surface area contributed by atoms with E-state index in [1.165, 1.54) is 0 Å². The highest BCUT2D eigenvalue weighted by molar-refractivity contribution is 9.11. The van der Waals surface area contributed by atoms with Crippen molar-refractivity contribution >= 4 is 39.8 Å². The summed E-state index contributed by atoms with van der Waals surface area (Å²) in [4.78, 5) is 0. The van der Waals surface area contributed by atoms with Gasteiger partial charge in [-0.15, -0.1) is 0 Å². The molecule has 78 valence electrons. The summed E-state index contributed by atoms with van der Waals surface area (Å²) in [6.07, 6.45) is 0.902. The zero-order valence-corrected chi connectivity index (χ0v) is 11.5. The molecule has 0 aromatic heterocycles. The van der Waals surface area contributed by atoms with Crippen molar-refractivity contribution in [1.82, 2.24) is 0 Å². The minimum atomic E-state index is -0.693. The van der Waals surface area contributed by atoms with Gasteiger partial charge in [0.05, 0.1) is 12.7 Å². The van der Waals surface area contributed by atoms with Gasteiger partial charge < -0.3 is 10.2 Å². The average Bonchev–Trinajstić information content (AvgIpc) is 2.17. The lowest BCUT2D eigenvalue weighted by Gasteiger charge is -2.12. The second-order valence-corrected chi connectivity index (χ2v) is 6.84. The Labute approximate surface area is 101 Å². The number of rotatable bonds is 4. The molecule has 0 unspecified atom stereocenters. The molecule has 0 bridgehead atoms. The van der Waals surface area contributed by atoms with Crippen LogP contribution in [0.15, 0.2) is 27.1 Å². The Bertz CT molecular complexity index is 303. The molecule has 0 heterocycles. The molecule has 0 aliphatic rings. The summed E-state index contributed by atoms with van der Waals surface area (Å²) >= 11 is 6.82. The molecule has 0 radical (unpaired) electrons. The van der Waals surface area contributed by atoms with Gasteiger partial charge in [0.1, 0.15) is 0 Å². The fourth-order valence-electron chi connectivity index (χ4n) is 1.04. The Morgan fingerprint density at radius 3 is 2.29 bits per heavy atom. The maximum Gasteiger partial charge on any atom is 0.0649 e. The third kappa shape index (κ3) is 3.59. The summed E-state index contributed by atoms with van der Waals surface area (Å²) in [5.74, 6) is 0. The molecule has 1 aromatic rings. The van der Waals surface area contributed by atoms with Crippen molar-refractivity contribution < 1.29 is 10.2 Å². The van der Waals surface area contributed by atoms with E-state index < -0.39 is 7.92 Å². The minimum Gasteiger partial charge on any atom is -0.392 e. The van der Waals surface area contributed by atoms with Gasteiger partial charge in [0, 0.05) is 8.95 Å². The number of benzene rings is 1. The van der Waals surface area contributed by atoms with E-state index in [1.807, 2.05) is 18.2 Å². The summed E-state index contributed by atoms with van der Waals surface area (Å²) < 4.78 is 2.03. The molecule has 2 nitrogen and oxygen atoms in total. The number of aliphatic hydroxyl groups is 2. The van der Waals surface area contributed by atoms with Crippen LogP contribution >= 0.6 is 39.8 Å². The molecule has 1 rings (SSSR count). The van der Waals surface area contributed by atoms with Crippen LogP contribution in [0, 0.1) is 0 Å². The molecule has 0 saturated heterocycles. The van der Waals surface area contributed by atoms with Crippen molar-refractivity contribution in [3.8, 4) is 0 Å². The predicted octanol–water partition coefficient (Wildman–Crippen LogP) is 3.09. The first kappa shape index (κ1) is 12.6. The van der Waals surface area contributed by atoms with E-state index in [1.54, 1.807) is 0 Å². The standard InChI is InChI=1S/C9H11Br2O2P/c10-8-2-1-7(9(11)3-8)4-14(5-12)6-13/h1-3,12-13H,4-6H2. The molecule has 0 aliphatic carbocycles. The highest BCUT2D eigenvalue weighted by Gasteiger charge is 2.08. The normalized spacial score (nSPS) is 10.9. The molecule has 0 aliphatic heterocycles. The molecular formula is C9H11Br2O2P. The third-order valence-corrected chi connectivity index (χ3v) is 4.63. The van der Waals surface area contributed by atoms with Gasteiger partial charge in [-0.3, -0.25) is 0 Å².